The van der Waals surface area contributed by atoms with E-state index in [1.54, 1.807) is 13.0 Å². The van der Waals surface area contributed by atoms with Crippen LogP contribution in [-0.4, -0.2) is 242 Å². The number of carbonyl (C=O) groups is 1. The summed E-state index contributed by atoms with van der Waals surface area (Å²) in [4.78, 5) is 14.5. The van der Waals surface area contributed by atoms with Crippen molar-refractivity contribution < 1.29 is 125 Å². The van der Waals surface area contributed by atoms with Crippen molar-refractivity contribution in [3.8, 4) is 0 Å². The van der Waals surface area contributed by atoms with Gasteiger partial charge in [0.25, 0.3) is 0 Å². The molecule has 28 atom stereocenters. The van der Waals surface area contributed by atoms with Crippen molar-refractivity contribution in [2.24, 2.45) is 33.5 Å². The second-order valence-electron chi connectivity index (χ2n) is 25.5. The number of allylic oxidation sites excluding steroid dienone is 2. The van der Waals surface area contributed by atoms with Crippen molar-refractivity contribution in [1.82, 2.24) is 0 Å². The van der Waals surface area contributed by atoms with Gasteiger partial charge in [0.2, 0.25) is 0 Å². The number of hydrogen-bond donors (Lipinski definition) is 12. The van der Waals surface area contributed by atoms with Gasteiger partial charge >= 0.3 is 16.4 Å². The van der Waals surface area contributed by atoms with Crippen molar-refractivity contribution in [2.75, 3.05) is 26.9 Å². The summed E-state index contributed by atoms with van der Waals surface area (Å²) in [5, 5.41) is 124. The monoisotopic (exact) mass is 1180 g/mol. The van der Waals surface area contributed by atoms with Crippen LogP contribution in [0, 0.1) is 33.5 Å². The molecular formula is C54H86O26S. The Morgan fingerprint density at radius 1 is 0.728 bits per heavy atom. The Morgan fingerprint density at radius 2 is 1.32 bits per heavy atom. The molecule has 26 nitrogen and oxygen atoms in total. The quantitative estimate of drug-likeness (QED) is 0.0342. The molecule has 4 aliphatic carbocycles. The normalized spacial score (nSPS) is 51.5. The van der Waals surface area contributed by atoms with Gasteiger partial charge in [0.15, 0.2) is 25.2 Å². The summed E-state index contributed by atoms with van der Waals surface area (Å²) in [5.74, 6) is -0.894. The van der Waals surface area contributed by atoms with E-state index in [2.05, 4.69) is 13.5 Å². The van der Waals surface area contributed by atoms with Gasteiger partial charge in [-0.15, -0.1) is 6.58 Å². The molecule has 5 heterocycles. The fourth-order valence-electron chi connectivity index (χ4n) is 16.3. The van der Waals surface area contributed by atoms with E-state index in [4.69, 9.17) is 51.6 Å². The van der Waals surface area contributed by atoms with Gasteiger partial charge in [-0.05, 0) is 107 Å². The number of aliphatic hydroxyl groups is 11. The number of methoxy groups -OCH3 is 1. The molecule has 81 heavy (non-hydrogen) atoms. The van der Waals surface area contributed by atoms with Crippen LogP contribution in [0.2, 0.25) is 0 Å². The molecule has 27 heteroatoms. The predicted octanol–water partition coefficient (Wildman–Crippen LogP) is -1.48. The minimum atomic E-state index is -5.19. The molecule has 8 fully saturated rings. The Morgan fingerprint density at radius 3 is 1.93 bits per heavy atom. The van der Waals surface area contributed by atoms with Crippen molar-refractivity contribution in [1.29, 1.82) is 0 Å². The molecule has 5 saturated heterocycles. The molecule has 9 aliphatic rings. The zero-order chi connectivity index (χ0) is 59.5. The number of ether oxygens (including phenoxy) is 10. The average molecular weight is 1180 g/mol. The highest BCUT2D eigenvalue weighted by molar-refractivity contribution is 7.80. The number of aliphatic hydroxyl groups excluding tert-OH is 10. The Kier molecular flexibility index (Phi) is 18.0. The summed E-state index contributed by atoms with van der Waals surface area (Å²) < 4.78 is 97.8. The highest BCUT2D eigenvalue weighted by Gasteiger charge is 2.85. The lowest BCUT2D eigenvalue weighted by Crippen LogP contribution is -2.68. The molecule has 5 aliphatic heterocycles. The molecule has 0 aromatic carbocycles. The zero-order valence-corrected chi connectivity index (χ0v) is 47.9. The molecule has 1 spiro atoms. The minimum absolute atomic E-state index is 0.119. The van der Waals surface area contributed by atoms with E-state index in [1.165, 1.54) is 14.0 Å². The molecule has 0 unspecified atom stereocenters. The van der Waals surface area contributed by atoms with Crippen LogP contribution in [0.4, 0.5) is 0 Å². The zero-order valence-electron chi connectivity index (χ0n) is 47.0. The van der Waals surface area contributed by atoms with E-state index in [9.17, 15) is 73.9 Å². The van der Waals surface area contributed by atoms with Crippen molar-refractivity contribution in [2.45, 2.75) is 246 Å². The topological polar surface area (TPSA) is 396 Å². The summed E-state index contributed by atoms with van der Waals surface area (Å²) in [6.07, 6.45) is -27.8. The third-order valence-corrected chi connectivity index (χ3v) is 21.1. The van der Waals surface area contributed by atoms with Crippen LogP contribution >= 0.6 is 0 Å². The molecule has 464 valence electrons. The molecule has 3 saturated carbocycles. The molecule has 12 N–H and O–H groups in total. The van der Waals surface area contributed by atoms with Gasteiger partial charge in [-0.3, -0.25) is 9.35 Å². The van der Waals surface area contributed by atoms with Crippen molar-refractivity contribution in [3.05, 3.63) is 23.8 Å². The smallest absolute Gasteiger partial charge is 0.397 e. The van der Waals surface area contributed by atoms with Crippen LogP contribution < -0.4 is 0 Å². The van der Waals surface area contributed by atoms with Crippen molar-refractivity contribution >= 4 is 16.4 Å². The standard InChI is InChI=1S/C54H86O26S/c1-23(2)11-10-15-52(8)53(66)18-17-51(7)25-12-13-30-49(4,5)32(14-16-50(30,6)26(25)19-31(57)54(51,53)48(65)79-52)75-47-43(35(60)29(22-71-47)80-81(67,68)69)78-44-37(62)36(61)40(24(3)72-44)76-46-39(64)42(34(59)28(21-56)74-46)77-45-38(63)41(70-9)33(58)27(20-55)73-45/h19,24-25,27-47,55-64,66H,1,10-18,20-22H2,2-9H3,(H,67,68,69)/t24-,25-,27-,28-,29-,30+,31+,32+,33-,34-,35+,36-,37-,38-,39-,40-,41+,42+,43-,44+,45+,46+,47+,50-,51+,52+,53+,54-/m1/s1. The van der Waals surface area contributed by atoms with Crippen LogP contribution in [0.25, 0.3) is 0 Å². The van der Waals surface area contributed by atoms with Gasteiger partial charge in [0.1, 0.15) is 102 Å². The van der Waals surface area contributed by atoms with Crippen LogP contribution in [0.3, 0.4) is 0 Å². The minimum Gasteiger partial charge on any atom is -0.456 e. The lowest BCUT2D eigenvalue weighted by Gasteiger charge is -2.64. The third kappa shape index (κ3) is 10.3. The maximum Gasteiger partial charge on any atom is 0.397 e. The van der Waals surface area contributed by atoms with E-state index in [0.29, 0.717) is 51.4 Å². The van der Waals surface area contributed by atoms with Crippen LogP contribution in [0.15, 0.2) is 23.8 Å². The van der Waals surface area contributed by atoms with E-state index >= 15 is 0 Å². The highest BCUT2D eigenvalue weighted by Crippen LogP contribution is 2.77. The van der Waals surface area contributed by atoms with Crippen LogP contribution in [0.1, 0.15) is 106 Å². The van der Waals surface area contributed by atoms with Gasteiger partial charge in [-0.25, -0.2) is 4.18 Å². The molecular weight excluding hydrogens is 1100 g/mol. The van der Waals surface area contributed by atoms with E-state index in [1.807, 2.05) is 27.7 Å². The van der Waals surface area contributed by atoms with Gasteiger partial charge < -0.3 is 104 Å². The second-order valence-corrected chi connectivity index (χ2v) is 26.6. The average Bonchev–Trinajstić information content (AvgIpc) is 1.61. The molecule has 0 aromatic heterocycles. The fraction of sp³-hybridized carbons (Fsp3) is 0.907. The first-order valence-corrected chi connectivity index (χ1v) is 29.5. The lowest BCUT2D eigenvalue weighted by molar-refractivity contribution is -0.389. The summed E-state index contributed by atoms with van der Waals surface area (Å²) in [7, 11) is -4.01. The van der Waals surface area contributed by atoms with Crippen LogP contribution in [0.5, 0.6) is 0 Å². The maximum atomic E-state index is 14.5. The van der Waals surface area contributed by atoms with Crippen LogP contribution in [-0.2, 0) is 66.7 Å². The number of rotatable bonds is 17. The first-order chi connectivity index (χ1) is 37.8. The highest BCUT2D eigenvalue weighted by atomic mass is 32.3. The Balaban J connectivity index is 0.912. The Hall–Kier alpha value is -1.98. The Labute approximate surface area is 471 Å². The lowest BCUT2D eigenvalue weighted by atomic mass is 9.40. The summed E-state index contributed by atoms with van der Waals surface area (Å²) in [6, 6.07) is 0. The van der Waals surface area contributed by atoms with Crippen molar-refractivity contribution in [3.63, 3.8) is 0 Å². The fourth-order valence-corrected chi connectivity index (χ4v) is 16.8. The summed E-state index contributed by atoms with van der Waals surface area (Å²) >= 11 is 0. The van der Waals surface area contributed by atoms with Gasteiger partial charge in [-0.2, -0.15) is 8.42 Å². The largest absolute Gasteiger partial charge is 0.456 e. The number of fused-ring (bicyclic) bond motifs is 4. The second kappa shape index (κ2) is 22.9. The number of hydrogen-bond acceptors (Lipinski definition) is 25. The molecule has 0 radical (unpaired) electrons. The molecule has 9 rings (SSSR count). The summed E-state index contributed by atoms with van der Waals surface area (Å²) in [5.41, 5.74) is -4.60. The maximum absolute atomic E-state index is 14.5. The number of esters is 1. The van der Waals surface area contributed by atoms with E-state index in [0.717, 1.165) is 11.1 Å². The third-order valence-electron chi connectivity index (χ3n) is 20.6. The SMILES string of the molecule is C=C(C)CCC[C@]1(C)OC(=O)[C@]23[C@@H](O)C=C4[C@@H](CC[C@H]5C(C)(C)[C@@H](O[C@@H]6OC[C@@H](OS(=O)(=O)O)[C@H](O)[C@H]6O[C@@H]6O[C@H](C)[C@@H](O[C@@H]7O[C@H](CO)[C@@H](O)[C@H](O[C@@H]8O[C@H](CO)[C@@H](O)[C@H](OC)[C@H]8O)[C@H]7O)[C@H](O)[C@H]6O)CC[C@]45C)[C@]2(C)CC[C@@]31O. The first kappa shape index (κ1) is 63.5. The van der Waals surface area contributed by atoms with Gasteiger partial charge in [0, 0.05) is 7.11 Å². The van der Waals surface area contributed by atoms with Gasteiger partial charge in [-0.1, -0.05) is 44.9 Å². The summed E-state index contributed by atoms with van der Waals surface area (Å²) in [6.45, 7) is 15.1. The predicted molar refractivity (Wildman–Crippen MR) is 274 cm³/mol. The Bertz CT molecular complexity index is 2430. The van der Waals surface area contributed by atoms with E-state index < -0.39 is 198 Å². The van der Waals surface area contributed by atoms with Gasteiger partial charge in [0.05, 0.1) is 38.1 Å². The molecule has 0 amide bonds. The first-order valence-electron chi connectivity index (χ1n) is 28.2. The van der Waals surface area contributed by atoms with E-state index in [-0.39, 0.29) is 18.3 Å². The molecule has 0 bridgehead atoms. The molecule has 0 aromatic rings. The number of cyclic esters (lactones) is 1. The number of carbonyl (C=O) groups excluding carboxylic acids is 1.